The van der Waals surface area contributed by atoms with E-state index >= 15 is 0 Å². The molecule has 1 aliphatic heterocycles. The third kappa shape index (κ3) is 24.7. The average molecular weight is 828 g/mol. The van der Waals surface area contributed by atoms with E-state index in [9.17, 15) is 39.6 Å². The number of amides is 3. The molecule has 7 N–H and O–H groups in total. The molecule has 1 aliphatic rings. The summed E-state index contributed by atoms with van der Waals surface area (Å²) in [4.78, 5) is 52.0. The third-order valence-electron chi connectivity index (χ3n) is 11.5. The number of aliphatic hydroxyl groups is 4. The number of carboxylic acid groups (broad SMARTS) is 1. The van der Waals surface area contributed by atoms with Crippen molar-refractivity contribution in [3.8, 4) is 0 Å². The fourth-order valence-electron chi connectivity index (χ4n) is 7.77. The third-order valence-corrected chi connectivity index (χ3v) is 11.5. The first kappa shape index (κ1) is 53.7. The van der Waals surface area contributed by atoms with Crippen LogP contribution in [-0.4, -0.2) is 111 Å². The molecule has 58 heavy (non-hydrogen) atoms. The molecule has 1 fully saturated rings. The first-order valence-corrected chi connectivity index (χ1v) is 23.4. The van der Waals surface area contributed by atoms with E-state index in [1.807, 2.05) is 0 Å². The van der Waals surface area contributed by atoms with Crippen LogP contribution in [-0.2, 0) is 23.9 Å². The maximum atomic E-state index is 14.0. The second kappa shape index (κ2) is 35.4. The summed E-state index contributed by atoms with van der Waals surface area (Å²) in [6, 6.07) is -2.83. The molecule has 0 saturated carbocycles. The predicted molar refractivity (Wildman–Crippen MR) is 228 cm³/mol. The summed E-state index contributed by atoms with van der Waals surface area (Å²) >= 11 is 0. The normalized spacial score (nSPS) is 19.8. The van der Waals surface area contributed by atoms with Gasteiger partial charge in [-0.1, -0.05) is 174 Å². The Labute approximate surface area is 350 Å². The van der Waals surface area contributed by atoms with Gasteiger partial charge in [0.25, 0.3) is 0 Å². The molecule has 0 bridgehead atoms. The molecule has 0 spiro atoms. The fourth-order valence-corrected chi connectivity index (χ4v) is 7.77. The van der Waals surface area contributed by atoms with E-state index in [2.05, 4.69) is 24.5 Å². The van der Waals surface area contributed by atoms with Crippen molar-refractivity contribution in [1.82, 2.24) is 15.5 Å². The van der Waals surface area contributed by atoms with Crippen LogP contribution in [0.15, 0.2) is 0 Å². The highest BCUT2D eigenvalue weighted by atomic mass is 16.5. The van der Waals surface area contributed by atoms with Crippen molar-refractivity contribution in [2.24, 2.45) is 0 Å². The Hall–Kier alpha value is -2.32. The van der Waals surface area contributed by atoms with Gasteiger partial charge >= 0.3 is 5.97 Å². The molecule has 1 heterocycles. The summed E-state index contributed by atoms with van der Waals surface area (Å²) in [5.41, 5.74) is 0. The van der Waals surface area contributed by atoms with Crippen molar-refractivity contribution >= 4 is 23.7 Å². The molecule has 13 heteroatoms. The number of carboxylic acids is 1. The SMILES string of the molecule is CCCCCCCCCCCCCCCCCC(=O)N(CCCCCCCCCCCCCC)[C@@H]1O[C@H](CO)[C@@H](O)[C@H](O)[C@@H]1NC(=O)[C@H](CO)NC(=O)CCC(=O)O. The quantitative estimate of drug-likeness (QED) is 0.0316. The standard InChI is InChI=1S/C45H85N3O10/c1-3-5-7-9-11-13-15-17-18-19-20-22-24-26-28-30-39(52)48(33-29-27-25-23-21-16-14-12-10-8-6-4-2)45-41(43(56)42(55)37(35-50)58-45)47-44(57)36(34-49)46-38(51)31-32-40(53)54/h36-37,41-43,45,49-50,55-56H,3-35H2,1-2H3,(H,46,51)(H,47,57)(H,53,54)/t36-,37+,41-,42+,43+,45+/m0/s1. The number of ether oxygens (including phenoxy) is 1. The van der Waals surface area contributed by atoms with Gasteiger partial charge in [-0.2, -0.15) is 0 Å². The Kier molecular flexibility index (Phi) is 32.8. The summed E-state index contributed by atoms with van der Waals surface area (Å²) in [6.45, 7) is 3.30. The van der Waals surface area contributed by atoms with Gasteiger partial charge in [-0.05, 0) is 12.8 Å². The molecular weight excluding hydrogens is 743 g/mol. The molecule has 0 aromatic carbocycles. The number of nitrogens with zero attached hydrogens (tertiary/aromatic N) is 1. The van der Waals surface area contributed by atoms with Crippen LogP contribution >= 0.6 is 0 Å². The number of nitrogens with one attached hydrogen (secondary N) is 2. The van der Waals surface area contributed by atoms with Crippen molar-refractivity contribution in [2.45, 2.75) is 243 Å². The van der Waals surface area contributed by atoms with E-state index in [0.717, 1.165) is 44.9 Å². The second-order valence-electron chi connectivity index (χ2n) is 16.6. The van der Waals surface area contributed by atoms with Crippen LogP contribution in [0.5, 0.6) is 0 Å². The van der Waals surface area contributed by atoms with Gasteiger partial charge < -0.3 is 45.8 Å². The molecule has 0 aromatic heterocycles. The van der Waals surface area contributed by atoms with Gasteiger partial charge in [0, 0.05) is 19.4 Å². The Morgan fingerprint density at radius 3 is 1.43 bits per heavy atom. The minimum Gasteiger partial charge on any atom is -0.481 e. The van der Waals surface area contributed by atoms with Crippen LogP contribution in [0.3, 0.4) is 0 Å². The molecule has 0 aromatic rings. The summed E-state index contributed by atoms with van der Waals surface area (Å²) in [5.74, 6) is -3.08. The van der Waals surface area contributed by atoms with E-state index in [1.165, 1.54) is 120 Å². The van der Waals surface area contributed by atoms with Crippen LogP contribution in [0.2, 0.25) is 0 Å². The van der Waals surface area contributed by atoms with E-state index < -0.39 is 80.5 Å². The molecule has 6 atom stereocenters. The number of aliphatic carboxylic acids is 1. The van der Waals surface area contributed by atoms with E-state index in [4.69, 9.17) is 9.84 Å². The lowest BCUT2D eigenvalue weighted by molar-refractivity contribution is -0.231. The minimum atomic E-state index is -1.65. The van der Waals surface area contributed by atoms with Gasteiger partial charge in [-0.25, -0.2) is 0 Å². The molecule has 0 radical (unpaired) electrons. The highest BCUT2D eigenvalue weighted by Crippen LogP contribution is 2.26. The van der Waals surface area contributed by atoms with Gasteiger partial charge in [0.1, 0.15) is 30.4 Å². The second-order valence-corrected chi connectivity index (χ2v) is 16.6. The smallest absolute Gasteiger partial charge is 0.303 e. The molecule has 0 aliphatic carbocycles. The number of carbonyl (C=O) groups excluding carboxylic acids is 3. The van der Waals surface area contributed by atoms with Gasteiger partial charge in [0.05, 0.1) is 19.6 Å². The summed E-state index contributed by atoms with van der Waals surface area (Å²) < 4.78 is 6.08. The van der Waals surface area contributed by atoms with Crippen LogP contribution in [0.25, 0.3) is 0 Å². The minimum absolute atomic E-state index is 0.219. The zero-order valence-electron chi connectivity index (χ0n) is 36.5. The number of unbranched alkanes of at least 4 members (excludes halogenated alkanes) is 25. The molecule has 3 amide bonds. The number of hydrogen-bond acceptors (Lipinski definition) is 9. The van der Waals surface area contributed by atoms with Crippen molar-refractivity contribution in [1.29, 1.82) is 0 Å². The molecule has 0 unspecified atom stereocenters. The highest BCUT2D eigenvalue weighted by Gasteiger charge is 2.48. The summed E-state index contributed by atoms with van der Waals surface area (Å²) in [7, 11) is 0. The van der Waals surface area contributed by atoms with Crippen molar-refractivity contribution in [3.05, 3.63) is 0 Å². The number of carbonyl (C=O) groups is 4. The lowest BCUT2D eigenvalue weighted by Crippen LogP contribution is -2.70. The summed E-state index contributed by atoms with van der Waals surface area (Å²) in [5, 5.41) is 55.8. The molecule has 13 nitrogen and oxygen atoms in total. The van der Waals surface area contributed by atoms with Crippen LogP contribution in [0.4, 0.5) is 0 Å². The maximum Gasteiger partial charge on any atom is 0.303 e. The van der Waals surface area contributed by atoms with Crippen LogP contribution in [0, 0.1) is 0 Å². The average Bonchev–Trinajstić information content (AvgIpc) is 3.21. The van der Waals surface area contributed by atoms with Crippen molar-refractivity contribution < 1.29 is 49.4 Å². The highest BCUT2D eigenvalue weighted by molar-refractivity contribution is 5.89. The van der Waals surface area contributed by atoms with Gasteiger partial charge in [-0.3, -0.25) is 19.2 Å². The fraction of sp³-hybridized carbons (Fsp3) is 0.911. The van der Waals surface area contributed by atoms with E-state index in [-0.39, 0.29) is 18.9 Å². The predicted octanol–water partition coefficient (Wildman–Crippen LogP) is 7.04. The number of rotatable bonds is 38. The van der Waals surface area contributed by atoms with Gasteiger partial charge in [-0.15, -0.1) is 0 Å². The first-order chi connectivity index (χ1) is 28.1. The molecule has 340 valence electrons. The van der Waals surface area contributed by atoms with Crippen molar-refractivity contribution in [3.63, 3.8) is 0 Å². The first-order valence-electron chi connectivity index (χ1n) is 23.4. The van der Waals surface area contributed by atoms with Crippen LogP contribution in [0.1, 0.15) is 206 Å². The molecule has 1 rings (SSSR count). The number of aliphatic hydroxyl groups excluding tert-OH is 4. The Balaban J connectivity index is 2.84. The topological polar surface area (TPSA) is 206 Å². The Bertz CT molecular complexity index is 1070. The lowest BCUT2D eigenvalue weighted by Gasteiger charge is -2.47. The molecular formula is C45H85N3O10. The Morgan fingerprint density at radius 1 is 0.586 bits per heavy atom. The maximum absolute atomic E-state index is 14.0. The number of hydrogen-bond donors (Lipinski definition) is 7. The largest absolute Gasteiger partial charge is 0.481 e. The van der Waals surface area contributed by atoms with Gasteiger partial charge in [0.2, 0.25) is 17.7 Å². The Morgan fingerprint density at radius 2 is 1.02 bits per heavy atom. The zero-order chi connectivity index (χ0) is 42.8. The van der Waals surface area contributed by atoms with E-state index in [0.29, 0.717) is 12.8 Å². The zero-order valence-corrected chi connectivity index (χ0v) is 36.5. The summed E-state index contributed by atoms with van der Waals surface area (Å²) in [6.07, 6.45) is 25.4. The molecule has 1 saturated heterocycles. The monoisotopic (exact) mass is 828 g/mol. The lowest BCUT2D eigenvalue weighted by atomic mass is 9.94. The van der Waals surface area contributed by atoms with Crippen molar-refractivity contribution in [2.75, 3.05) is 19.8 Å². The van der Waals surface area contributed by atoms with Crippen LogP contribution < -0.4 is 10.6 Å². The van der Waals surface area contributed by atoms with E-state index in [1.54, 1.807) is 0 Å². The van der Waals surface area contributed by atoms with Gasteiger partial charge in [0.15, 0.2) is 6.23 Å².